The second-order valence-corrected chi connectivity index (χ2v) is 4.72. The Kier molecular flexibility index (Phi) is 8.09. The molecule has 0 bridgehead atoms. The van der Waals surface area contributed by atoms with Gasteiger partial charge in [-0.2, -0.15) is 13.2 Å². The van der Waals surface area contributed by atoms with E-state index in [1.54, 1.807) is 36.5 Å². The molecule has 4 nitrogen and oxygen atoms in total. The number of nitrogens with zero attached hydrogens (tertiary/aromatic N) is 2. The summed E-state index contributed by atoms with van der Waals surface area (Å²) in [5, 5.41) is 8.32. The quantitative estimate of drug-likeness (QED) is 0.494. The van der Waals surface area contributed by atoms with Gasteiger partial charge in [-0.25, -0.2) is 9.78 Å². The number of rotatable bonds is 2. The van der Waals surface area contributed by atoms with Crippen molar-refractivity contribution in [3.8, 4) is 11.3 Å². The Hall–Kier alpha value is -2.57. The third kappa shape index (κ3) is 6.38. The molecular formula is C18H12F3IrN2O2-. The molecule has 3 rings (SSSR count). The van der Waals surface area contributed by atoms with E-state index in [-0.39, 0.29) is 25.8 Å². The normalized spacial score (nSPS) is 10.1. The molecule has 0 saturated heterocycles. The number of benzene rings is 1. The maximum atomic E-state index is 12.3. The molecule has 8 heteroatoms. The van der Waals surface area contributed by atoms with Crippen LogP contribution in [0.3, 0.4) is 0 Å². The van der Waals surface area contributed by atoms with Crippen molar-refractivity contribution in [2.75, 3.05) is 0 Å². The predicted octanol–water partition coefficient (Wildman–Crippen LogP) is 4.34. The number of carboxylic acid groups (broad SMARTS) is 1. The van der Waals surface area contributed by atoms with Gasteiger partial charge in [-0.1, -0.05) is 18.2 Å². The summed E-state index contributed by atoms with van der Waals surface area (Å²) in [4.78, 5) is 17.7. The van der Waals surface area contributed by atoms with Gasteiger partial charge < -0.3 is 10.1 Å². The van der Waals surface area contributed by atoms with Crippen molar-refractivity contribution in [3.05, 3.63) is 84.3 Å². The predicted molar refractivity (Wildman–Crippen MR) is 84.7 cm³/mol. The summed E-state index contributed by atoms with van der Waals surface area (Å²) in [6, 6.07) is 15.9. The first-order valence-corrected chi connectivity index (χ1v) is 7.02. The molecule has 0 unspecified atom stereocenters. The van der Waals surface area contributed by atoms with E-state index >= 15 is 0 Å². The van der Waals surface area contributed by atoms with Gasteiger partial charge in [0.25, 0.3) is 0 Å². The van der Waals surface area contributed by atoms with E-state index in [2.05, 4.69) is 16.0 Å². The van der Waals surface area contributed by atoms with Gasteiger partial charge in [-0.15, -0.1) is 29.8 Å². The fourth-order valence-corrected chi connectivity index (χ4v) is 1.77. The zero-order valence-electron chi connectivity index (χ0n) is 13.1. The van der Waals surface area contributed by atoms with Crippen LogP contribution in [0.5, 0.6) is 0 Å². The zero-order chi connectivity index (χ0) is 18.3. The van der Waals surface area contributed by atoms with Crippen molar-refractivity contribution in [3.63, 3.8) is 0 Å². The van der Waals surface area contributed by atoms with Gasteiger partial charge in [0.2, 0.25) is 0 Å². The summed E-state index contributed by atoms with van der Waals surface area (Å²) in [5.74, 6) is -0.990. The number of aromatic nitrogens is 2. The van der Waals surface area contributed by atoms with Crippen LogP contribution in [-0.4, -0.2) is 21.0 Å². The molecule has 0 atom stereocenters. The molecule has 2 aromatic heterocycles. The molecule has 0 fully saturated rings. The van der Waals surface area contributed by atoms with Gasteiger partial charge in [0.1, 0.15) is 5.69 Å². The molecule has 2 heterocycles. The van der Waals surface area contributed by atoms with Gasteiger partial charge >= 0.3 is 12.1 Å². The number of alkyl halides is 3. The standard InChI is InChI=1S/C12H7F3N.C6H5NO2.Ir/c13-12(14,15)10-6-4-9(5-7-10)11-3-1-2-8-16-11;8-6(9)5-3-1-2-4-7-5;/h1-4,6-8H;1-4H,(H,8,9);/q-1;;. The van der Waals surface area contributed by atoms with E-state index in [9.17, 15) is 18.0 Å². The Morgan fingerprint density at radius 2 is 1.62 bits per heavy atom. The van der Waals surface area contributed by atoms with Crippen LogP contribution in [0.1, 0.15) is 16.1 Å². The van der Waals surface area contributed by atoms with Crippen molar-refractivity contribution in [2.24, 2.45) is 0 Å². The third-order valence-corrected chi connectivity index (χ3v) is 2.96. The molecule has 26 heavy (non-hydrogen) atoms. The SMILES string of the molecule is FC(F)(F)c1c[c-]c(-c2ccccn2)cc1.O=C(O)c1ccccn1.[Ir]. The number of aromatic carboxylic acids is 1. The van der Waals surface area contributed by atoms with Crippen LogP contribution in [0.4, 0.5) is 13.2 Å². The Balaban J connectivity index is 0.000000290. The van der Waals surface area contributed by atoms with E-state index in [4.69, 9.17) is 5.11 Å². The molecule has 3 aromatic rings. The van der Waals surface area contributed by atoms with Crippen molar-refractivity contribution in [2.45, 2.75) is 6.18 Å². The first kappa shape index (κ1) is 21.5. The topological polar surface area (TPSA) is 63.1 Å². The van der Waals surface area contributed by atoms with Crippen LogP contribution in [-0.2, 0) is 26.3 Å². The van der Waals surface area contributed by atoms with Gasteiger partial charge in [0, 0.05) is 32.5 Å². The maximum absolute atomic E-state index is 12.3. The molecular weight excluding hydrogens is 525 g/mol. The van der Waals surface area contributed by atoms with Crippen LogP contribution in [0.25, 0.3) is 11.3 Å². The number of carboxylic acids is 1. The second kappa shape index (κ2) is 9.79. The van der Waals surface area contributed by atoms with Gasteiger partial charge in [-0.05, 0) is 29.5 Å². The third-order valence-electron chi connectivity index (χ3n) is 2.96. The van der Waals surface area contributed by atoms with Crippen LogP contribution in [0.2, 0.25) is 0 Å². The first-order valence-electron chi connectivity index (χ1n) is 7.02. The molecule has 0 aliphatic carbocycles. The number of halogens is 3. The summed E-state index contributed by atoms with van der Waals surface area (Å²) in [7, 11) is 0. The molecule has 0 amide bonds. The maximum Gasteiger partial charge on any atom is 0.381 e. The Bertz CT molecular complexity index is 811. The van der Waals surface area contributed by atoms with Crippen molar-refractivity contribution in [1.29, 1.82) is 0 Å². The van der Waals surface area contributed by atoms with E-state index in [1.165, 1.54) is 18.3 Å². The van der Waals surface area contributed by atoms with Gasteiger partial charge in [0.05, 0.1) is 0 Å². The smallest absolute Gasteiger partial charge is 0.381 e. The Labute approximate surface area is 161 Å². The van der Waals surface area contributed by atoms with Gasteiger partial charge in [-0.3, -0.25) is 0 Å². The summed E-state index contributed by atoms with van der Waals surface area (Å²) in [6.45, 7) is 0. The molecule has 0 saturated carbocycles. The molecule has 137 valence electrons. The second-order valence-electron chi connectivity index (χ2n) is 4.72. The minimum Gasteiger partial charge on any atom is -0.477 e. The van der Waals surface area contributed by atoms with Gasteiger partial charge in [0.15, 0.2) is 0 Å². The molecule has 0 aliphatic rings. The van der Waals surface area contributed by atoms with E-state index in [0.29, 0.717) is 11.3 Å². The van der Waals surface area contributed by atoms with Crippen molar-refractivity contribution in [1.82, 2.24) is 9.97 Å². The van der Waals surface area contributed by atoms with Crippen molar-refractivity contribution < 1.29 is 43.2 Å². The largest absolute Gasteiger partial charge is 0.477 e. The van der Waals surface area contributed by atoms with Crippen LogP contribution in [0.15, 0.2) is 67.0 Å². The van der Waals surface area contributed by atoms with Crippen molar-refractivity contribution >= 4 is 5.97 Å². The summed E-state index contributed by atoms with van der Waals surface area (Å²) < 4.78 is 36.9. The van der Waals surface area contributed by atoms with Crippen LogP contribution >= 0.6 is 0 Å². The minimum absolute atomic E-state index is 0. The molecule has 1 aromatic carbocycles. The average Bonchev–Trinajstić information content (AvgIpc) is 2.63. The fourth-order valence-electron chi connectivity index (χ4n) is 1.77. The van der Waals surface area contributed by atoms with Crippen LogP contribution < -0.4 is 0 Å². The van der Waals surface area contributed by atoms with E-state index in [1.807, 2.05) is 0 Å². The Morgan fingerprint density at radius 3 is 2.00 bits per heavy atom. The van der Waals surface area contributed by atoms with E-state index < -0.39 is 17.7 Å². The number of hydrogen-bond acceptors (Lipinski definition) is 3. The molecule has 0 aliphatic heterocycles. The monoisotopic (exact) mass is 538 g/mol. The number of hydrogen-bond donors (Lipinski definition) is 1. The summed E-state index contributed by atoms with van der Waals surface area (Å²) in [5.41, 5.74) is 0.537. The fraction of sp³-hybridized carbons (Fsp3) is 0.0556. The summed E-state index contributed by atoms with van der Waals surface area (Å²) in [6.07, 6.45) is -1.29. The number of carbonyl (C=O) groups is 1. The first-order chi connectivity index (χ1) is 11.9. The van der Waals surface area contributed by atoms with E-state index in [0.717, 1.165) is 12.1 Å². The zero-order valence-corrected chi connectivity index (χ0v) is 15.5. The molecule has 1 N–H and O–H groups in total. The Morgan fingerprint density at radius 1 is 0.962 bits per heavy atom. The minimum atomic E-state index is -4.32. The average molecular weight is 538 g/mol. The number of pyridine rings is 2. The molecule has 1 radical (unpaired) electrons. The summed E-state index contributed by atoms with van der Waals surface area (Å²) >= 11 is 0. The molecule has 0 spiro atoms. The van der Waals surface area contributed by atoms with Crippen LogP contribution in [0, 0.1) is 6.07 Å².